The molecule has 1 aromatic rings. The van der Waals surface area contributed by atoms with Crippen LogP contribution in [0.3, 0.4) is 0 Å². The van der Waals surface area contributed by atoms with Crippen molar-refractivity contribution in [3.63, 3.8) is 0 Å². The molecule has 0 spiro atoms. The van der Waals surface area contributed by atoms with Crippen LogP contribution in [0.4, 0.5) is 0 Å². The molecule has 0 bridgehead atoms. The Kier molecular flexibility index (Phi) is 2.90. The van der Waals surface area contributed by atoms with E-state index in [9.17, 15) is 5.11 Å². The molecular formula is C11H17N3OS. The van der Waals surface area contributed by atoms with E-state index in [0.29, 0.717) is 5.25 Å². The summed E-state index contributed by atoms with van der Waals surface area (Å²) in [5.74, 6) is 3.17. The number of aliphatic hydroxyl groups is 1. The van der Waals surface area contributed by atoms with Crippen LogP contribution < -0.4 is 0 Å². The van der Waals surface area contributed by atoms with E-state index in [-0.39, 0.29) is 0 Å². The molecule has 0 saturated carbocycles. The number of hydrogen-bond donors (Lipinski definition) is 1. The van der Waals surface area contributed by atoms with Crippen LogP contribution >= 0.6 is 11.8 Å². The fourth-order valence-corrected chi connectivity index (χ4v) is 3.74. The van der Waals surface area contributed by atoms with Crippen LogP contribution in [0.5, 0.6) is 0 Å². The monoisotopic (exact) mass is 239 g/mol. The molecule has 2 atom stereocenters. The zero-order valence-corrected chi connectivity index (χ0v) is 10.1. The molecule has 1 aromatic heterocycles. The number of aryl methyl sites for hydroxylation is 1. The minimum absolute atomic E-state index is 0.443. The Morgan fingerprint density at radius 3 is 3.06 bits per heavy atom. The van der Waals surface area contributed by atoms with Gasteiger partial charge in [-0.15, -0.1) is 0 Å². The largest absolute Gasteiger partial charge is 0.372 e. The van der Waals surface area contributed by atoms with Crippen LogP contribution in [0.1, 0.15) is 43.6 Å². The SMILES string of the molecule is OC1CCCc2nc(CC3CCCS3)nn21. The summed E-state index contributed by atoms with van der Waals surface area (Å²) in [5, 5.41) is 14.9. The van der Waals surface area contributed by atoms with Gasteiger partial charge in [0, 0.05) is 18.1 Å². The lowest BCUT2D eigenvalue weighted by atomic mass is 10.1. The first-order chi connectivity index (χ1) is 7.83. The van der Waals surface area contributed by atoms with Crippen molar-refractivity contribution < 1.29 is 5.11 Å². The third kappa shape index (κ3) is 1.98. The average Bonchev–Trinajstić information content (AvgIpc) is 2.88. The summed E-state index contributed by atoms with van der Waals surface area (Å²) in [6.07, 6.45) is 5.94. The van der Waals surface area contributed by atoms with Gasteiger partial charge in [0.05, 0.1) is 0 Å². The normalized spacial score (nSPS) is 29.3. The van der Waals surface area contributed by atoms with E-state index in [0.717, 1.165) is 37.3 Å². The Bertz CT molecular complexity index is 373. The highest BCUT2D eigenvalue weighted by Gasteiger charge is 2.23. The molecule has 2 aliphatic heterocycles. The smallest absolute Gasteiger partial charge is 0.152 e. The van der Waals surface area contributed by atoms with Crippen LogP contribution in [-0.4, -0.2) is 30.9 Å². The second kappa shape index (κ2) is 4.37. The van der Waals surface area contributed by atoms with Gasteiger partial charge in [-0.2, -0.15) is 16.9 Å². The van der Waals surface area contributed by atoms with E-state index in [1.807, 2.05) is 11.8 Å². The molecule has 1 N–H and O–H groups in total. The molecular weight excluding hydrogens is 222 g/mol. The molecule has 4 nitrogen and oxygen atoms in total. The lowest BCUT2D eigenvalue weighted by molar-refractivity contribution is 0.0643. The van der Waals surface area contributed by atoms with Crippen molar-refractivity contribution in [2.45, 2.75) is 50.0 Å². The maximum absolute atomic E-state index is 9.79. The lowest BCUT2D eigenvalue weighted by Crippen LogP contribution is -2.18. The highest BCUT2D eigenvalue weighted by atomic mass is 32.2. The van der Waals surface area contributed by atoms with E-state index in [1.54, 1.807) is 4.68 Å². The molecule has 0 amide bonds. The van der Waals surface area contributed by atoms with Crippen LogP contribution in [0, 0.1) is 0 Å². The summed E-state index contributed by atoms with van der Waals surface area (Å²) in [5.41, 5.74) is 0. The minimum atomic E-state index is -0.443. The number of nitrogens with zero attached hydrogens (tertiary/aromatic N) is 3. The third-order valence-electron chi connectivity index (χ3n) is 3.32. The van der Waals surface area contributed by atoms with Crippen molar-refractivity contribution in [3.8, 4) is 0 Å². The van der Waals surface area contributed by atoms with Gasteiger partial charge in [-0.1, -0.05) is 0 Å². The number of rotatable bonds is 2. The van der Waals surface area contributed by atoms with Gasteiger partial charge in [-0.25, -0.2) is 9.67 Å². The molecule has 2 unspecified atom stereocenters. The van der Waals surface area contributed by atoms with E-state index in [1.165, 1.54) is 18.6 Å². The first-order valence-corrected chi connectivity index (χ1v) is 7.12. The second-order valence-electron chi connectivity index (χ2n) is 4.60. The minimum Gasteiger partial charge on any atom is -0.372 e. The molecule has 1 fully saturated rings. The Hall–Kier alpha value is -0.550. The van der Waals surface area contributed by atoms with Crippen molar-refractivity contribution in [1.29, 1.82) is 0 Å². The average molecular weight is 239 g/mol. The van der Waals surface area contributed by atoms with Crippen LogP contribution in [0.25, 0.3) is 0 Å². The van der Waals surface area contributed by atoms with Gasteiger partial charge >= 0.3 is 0 Å². The van der Waals surface area contributed by atoms with Gasteiger partial charge in [0.2, 0.25) is 0 Å². The summed E-state index contributed by atoms with van der Waals surface area (Å²) in [7, 11) is 0. The first kappa shape index (κ1) is 10.6. The Morgan fingerprint density at radius 1 is 1.38 bits per heavy atom. The maximum Gasteiger partial charge on any atom is 0.152 e. The summed E-state index contributed by atoms with van der Waals surface area (Å²) in [4.78, 5) is 4.54. The molecule has 88 valence electrons. The lowest BCUT2D eigenvalue weighted by Gasteiger charge is -2.17. The van der Waals surface area contributed by atoms with E-state index >= 15 is 0 Å². The highest BCUT2D eigenvalue weighted by molar-refractivity contribution is 8.00. The molecule has 0 aliphatic carbocycles. The number of thioether (sulfide) groups is 1. The number of hydrogen-bond acceptors (Lipinski definition) is 4. The fourth-order valence-electron chi connectivity index (χ4n) is 2.47. The molecule has 1 saturated heterocycles. The highest BCUT2D eigenvalue weighted by Crippen LogP contribution is 2.29. The fraction of sp³-hybridized carbons (Fsp3) is 0.818. The Balaban J connectivity index is 1.75. The van der Waals surface area contributed by atoms with Crippen LogP contribution in [0.2, 0.25) is 0 Å². The molecule has 0 aromatic carbocycles. The van der Waals surface area contributed by atoms with Gasteiger partial charge in [-0.05, 0) is 31.4 Å². The van der Waals surface area contributed by atoms with E-state index in [2.05, 4.69) is 10.1 Å². The van der Waals surface area contributed by atoms with Gasteiger partial charge < -0.3 is 5.11 Å². The second-order valence-corrected chi connectivity index (χ2v) is 6.01. The zero-order chi connectivity index (χ0) is 11.0. The number of fused-ring (bicyclic) bond motifs is 1. The van der Waals surface area contributed by atoms with Gasteiger partial charge in [-0.3, -0.25) is 0 Å². The maximum atomic E-state index is 9.79. The van der Waals surface area contributed by atoms with Gasteiger partial charge in [0.15, 0.2) is 5.82 Å². The van der Waals surface area contributed by atoms with E-state index in [4.69, 9.17) is 0 Å². The third-order valence-corrected chi connectivity index (χ3v) is 4.72. The summed E-state index contributed by atoms with van der Waals surface area (Å²) >= 11 is 2.03. The molecule has 16 heavy (non-hydrogen) atoms. The molecule has 3 rings (SSSR count). The molecule has 3 heterocycles. The van der Waals surface area contributed by atoms with Crippen LogP contribution in [-0.2, 0) is 12.8 Å². The summed E-state index contributed by atoms with van der Waals surface area (Å²) in [6.45, 7) is 0. The standard InChI is InChI=1S/C11H17N3OS/c15-11-5-1-4-10-12-9(13-14(10)11)7-8-3-2-6-16-8/h8,11,15H,1-7H2. The molecule has 0 radical (unpaired) electrons. The number of aromatic nitrogens is 3. The first-order valence-electron chi connectivity index (χ1n) is 6.07. The number of aliphatic hydroxyl groups excluding tert-OH is 1. The quantitative estimate of drug-likeness (QED) is 0.850. The van der Waals surface area contributed by atoms with Crippen molar-refractivity contribution >= 4 is 11.8 Å². The predicted octanol–water partition coefficient (Wildman–Crippen LogP) is 1.54. The Labute approximate surface area is 99.4 Å². The molecule has 2 aliphatic rings. The predicted molar refractivity (Wildman–Crippen MR) is 63.4 cm³/mol. The van der Waals surface area contributed by atoms with Crippen molar-refractivity contribution in [2.24, 2.45) is 0 Å². The van der Waals surface area contributed by atoms with Gasteiger partial charge in [0.25, 0.3) is 0 Å². The summed E-state index contributed by atoms with van der Waals surface area (Å²) in [6, 6.07) is 0. The molecule has 5 heteroatoms. The summed E-state index contributed by atoms with van der Waals surface area (Å²) < 4.78 is 1.72. The zero-order valence-electron chi connectivity index (χ0n) is 9.30. The van der Waals surface area contributed by atoms with Gasteiger partial charge in [0.1, 0.15) is 12.1 Å². The van der Waals surface area contributed by atoms with Crippen molar-refractivity contribution in [1.82, 2.24) is 14.8 Å². The van der Waals surface area contributed by atoms with Crippen molar-refractivity contribution in [3.05, 3.63) is 11.6 Å². The van der Waals surface area contributed by atoms with Crippen LogP contribution in [0.15, 0.2) is 0 Å². The Morgan fingerprint density at radius 2 is 2.31 bits per heavy atom. The van der Waals surface area contributed by atoms with E-state index < -0.39 is 6.23 Å². The topological polar surface area (TPSA) is 50.9 Å². The van der Waals surface area contributed by atoms with Crippen molar-refractivity contribution in [2.75, 3.05) is 5.75 Å².